The zero-order valence-corrected chi connectivity index (χ0v) is 8.21. The number of rotatable bonds is 2. The fourth-order valence-corrected chi connectivity index (χ4v) is 1.13. The van der Waals surface area contributed by atoms with Gasteiger partial charge in [-0.2, -0.15) is 0 Å². The van der Waals surface area contributed by atoms with Crippen LogP contribution in [0.15, 0.2) is 18.3 Å². The molecule has 74 valence electrons. The van der Waals surface area contributed by atoms with E-state index < -0.39 is 0 Å². The fraction of sp³-hybridized carbons (Fsp3) is 0.333. The summed E-state index contributed by atoms with van der Waals surface area (Å²) in [4.78, 5) is 15.2. The molecule has 2 N–H and O–H groups in total. The van der Waals surface area contributed by atoms with Crippen molar-refractivity contribution in [2.24, 2.45) is 0 Å². The number of halogens is 1. The molecule has 14 heavy (non-hydrogen) atoms. The monoisotopic (exact) mass is 211 g/mol. The molecule has 2 rings (SSSR count). The molecule has 5 heteroatoms. The molecule has 0 bridgehead atoms. The standard InChI is InChI=1S/C9H10ClN3O/c10-6-1-4-8(11-5-6)13-9(14)12-7-2-3-7/h1,4-5,7H,2-3H2,(H2,11,12,13,14). The van der Waals surface area contributed by atoms with Crippen molar-refractivity contribution in [2.45, 2.75) is 18.9 Å². The van der Waals surface area contributed by atoms with Gasteiger partial charge in [0.15, 0.2) is 0 Å². The van der Waals surface area contributed by atoms with Crippen LogP contribution in [0.4, 0.5) is 10.6 Å². The fourth-order valence-electron chi connectivity index (χ4n) is 1.02. The van der Waals surface area contributed by atoms with E-state index in [1.54, 1.807) is 12.1 Å². The maximum atomic E-state index is 11.3. The van der Waals surface area contributed by atoms with E-state index in [0.29, 0.717) is 16.9 Å². The molecular formula is C9H10ClN3O. The lowest BCUT2D eigenvalue weighted by molar-refractivity contribution is 0.251. The molecule has 1 aromatic heterocycles. The summed E-state index contributed by atoms with van der Waals surface area (Å²) in [7, 11) is 0. The van der Waals surface area contributed by atoms with Gasteiger partial charge in [0, 0.05) is 12.2 Å². The molecule has 0 saturated heterocycles. The van der Waals surface area contributed by atoms with E-state index in [2.05, 4.69) is 15.6 Å². The van der Waals surface area contributed by atoms with Crippen LogP contribution in [0.25, 0.3) is 0 Å². The predicted octanol–water partition coefficient (Wildman–Crippen LogP) is 2.02. The summed E-state index contributed by atoms with van der Waals surface area (Å²) >= 11 is 5.65. The summed E-state index contributed by atoms with van der Waals surface area (Å²) in [6, 6.07) is 3.49. The van der Waals surface area contributed by atoms with Gasteiger partial charge in [0.05, 0.1) is 5.02 Å². The number of hydrogen-bond donors (Lipinski definition) is 2. The molecule has 1 aromatic rings. The highest BCUT2D eigenvalue weighted by Gasteiger charge is 2.23. The topological polar surface area (TPSA) is 54.0 Å². The average Bonchev–Trinajstić information content (AvgIpc) is 2.93. The molecule has 4 nitrogen and oxygen atoms in total. The van der Waals surface area contributed by atoms with Gasteiger partial charge in [0.25, 0.3) is 0 Å². The van der Waals surface area contributed by atoms with Gasteiger partial charge in [0.1, 0.15) is 5.82 Å². The second-order valence-corrected chi connectivity index (χ2v) is 3.67. The summed E-state index contributed by atoms with van der Waals surface area (Å²) in [6.45, 7) is 0. The minimum Gasteiger partial charge on any atom is -0.335 e. The first-order valence-electron chi connectivity index (χ1n) is 4.43. The van der Waals surface area contributed by atoms with Crippen LogP contribution in [0, 0.1) is 0 Å². The molecule has 1 saturated carbocycles. The van der Waals surface area contributed by atoms with E-state index in [1.165, 1.54) is 6.20 Å². The number of amides is 2. The number of carbonyl (C=O) groups excluding carboxylic acids is 1. The first-order chi connectivity index (χ1) is 6.74. The van der Waals surface area contributed by atoms with Crippen molar-refractivity contribution in [1.82, 2.24) is 10.3 Å². The van der Waals surface area contributed by atoms with Crippen LogP contribution < -0.4 is 10.6 Å². The molecule has 1 aliphatic carbocycles. The number of hydrogen-bond acceptors (Lipinski definition) is 2. The summed E-state index contributed by atoms with van der Waals surface area (Å²) < 4.78 is 0. The third-order valence-corrected chi connectivity index (χ3v) is 2.11. The molecule has 0 unspecified atom stereocenters. The van der Waals surface area contributed by atoms with Crippen LogP contribution in [0.3, 0.4) is 0 Å². The first kappa shape index (κ1) is 9.27. The minimum absolute atomic E-state index is 0.206. The van der Waals surface area contributed by atoms with Crippen LogP contribution in [0.1, 0.15) is 12.8 Å². The number of pyridine rings is 1. The van der Waals surface area contributed by atoms with Gasteiger partial charge in [-0.25, -0.2) is 9.78 Å². The molecule has 0 spiro atoms. The zero-order valence-electron chi connectivity index (χ0n) is 7.46. The van der Waals surface area contributed by atoms with E-state index in [4.69, 9.17) is 11.6 Å². The number of aromatic nitrogens is 1. The number of nitrogens with one attached hydrogen (secondary N) is 2. The highest BCUT2D eigenvalue weighted by molar-refractivity contribution is 6.30. The maximum Gasteiger partial charge on any atom is 0.320 e. The molecule has 1 aliphatic rings. The van der Waals surface area contributed by atoms with Crippen molar-refractivity contribution < 1.29 is 4.79 Å². The van der Waals surface area contributed by atoms with Crippen molar-refractivity contribution in [1.29, 1.82) is 0 Å². The third-order valence-electron chi connectivity index (χ3n) is 1.88. The Labute approximate surface area is 86.7 Å². The lowest BCUT2D eigenvalue weighted by Gasteiger charge is -2.04. The second kappa shape index (κ2) is 3.84. The number of nitrogens with zero attached hydrogens (tertiary/aromatic N) is 1. The van der Waals surface area contributed by atoms with Crippen LogP contribution in [0.5, 0.6) is 0 Å². The molecule has 0 aliphatic heterocycles. The van der Waals surface area contributed by atoms with Gasteiger partial charge in [-0.3, -0.25) is 5.32 Å². The van der Waals surface area contributed by atoms with E-state index in [0.717, 1.165) is 12.8 Å². The normalized spacial score (nSPS) is 14.9. The van der Waals surface area contributed by atoms with Crippen molar-refractivity contribution in [3.63, 3.8) is 0 Å². The van der Waals surface area contributed by atoms with Gasteiger partial charge in [-0.05, 0) is 25.0 Å². The Hall–Kier alpha value is -1.29. The predicted molar refractivity (Wildman–Crippen MR) is 54.4 cm³/mol. The third kappa shape index (κ3) is 2.60. The Bertz CT molecular complexity index is 334. The largest absolute Gasteiger partial charge is 0.335 e. The molecule has 0 radical (unpaired) electrons. The van der Waals surface area contributed by atoms with E-state index in [1.807, 2.05) is 0 Å². The Kier molecular flexibility index (Phi) is 2.54. The molecule has 1 heterocycles. The highest BCUT2D eigenvalue weighted by atomic mass is 35.5. The van der Waals surface area contributed by atoms with Gasteiger partial charge in [-0.15, -0.1) is 0 Å². The molecule has 1 fully saturated rings. The number of urea groups is 1. The highest BCUT2D eigenvalue weighted by Crippen LogP contribution is 2.18. The van der Waals surface area contributed by atoms with Crippen LogP contribution in [-0.4, -0.2) is 17.1 Å². The second-order valence-electron chi connectivity index (χ2n) is 3.23. The van der Waals surface area contributed by atoms with E-state index >= 15 is 0 Å². The van der Waals surface area contributed by atoms with Crippen molar-refractivity contribution >= 4 is 23.4 Å². The summed E-state index contributed by atoms with van der Waals surface area (Å²) in [5, 5.41) is 5.97. The quantitative estimate of drug-likeness (QED) is 0.787. The lowest BCUT2D eigenvalue weighted by Crippen LogP contribution is -2.30. The Balaban J connectivity index is 1.89. The smallest absolute Gasteiger partial charge is 0.320 e. The van der Waals surface area contributed by atoms with E-state index in [-0.39, 0.29) is 6.03 Å². The van der Waals surface area contributed by atoms with Gasteiger partial charge >= 0.3 is 6.03 Å². The zero-order chi connectivity index (χ0) is 9.97. The van der Waals surface area contributed by atoms with Crippen molar-refractivity contribution in [3.05, 3.63) is 23.4 Å². The lowest BCUT2D eigenvalue weighted by atomic mass is 10.4. The van der Waals surface area contributed by atoms with Crippen LogP contribution in [-0.2, 0) is 0 Å². The number of anilines is 1. The molecule has 0 aromatic carbocycles. The molecule has 2 amide bonds. The average molecular weight is 212 g/mol. The molecule has 0 atom stereocenters. The number of carbonyl (C=O) groups is 1. The Morgan fingerprint density at radius 1 is 1.50 bits per heavy atom. The minimum atomic E-state index is -0.206. The summed E-state index contributed by atoms with van der Waals surface area (Å²) in [5.41, 5.74) is 0. The SMILES string of the molecule is O=C(Nc1ccc(Cl)cn1)NC1CC1. The van der Waals surface area contributed by atoms with E-state index in [9.17, 15) is 4.79 Å². The summed E-state index contributed by atoms with van der Waals surface area (Å²) in [5.74, 6) is 0.507. The van der Waals surface area contributed by atoms with Crippen LogP contribution >= 0.6 is 11.6 Å². The van der Waals surface area contributed by atoms with Gasteiger partial charge in [0.2, 0.25) is 0 Å². The van der Waals surface area contributed by atoms with Crippen molar-refractivity contribution in [2.75, 3.05) is 5.32 Å². The maximum absolute atomic E-state index is 11.3. The van der Waals surface area contributed by atoms with Gasteiger partial charge in [-0.1, -0.05) is 11.6 Å². The Morgan fingerprint density at radius 2 is 2.29 bits per heavy atom. The molecular weight excluding hydrogens is 202 g/mol. The Morgan fingerprint density at radius 3 is 2.86 bits per heavy atom. The van der Waals surface area contributed by atoms with Gasteiger partial charge < -0.3 is 5.32 Å². The summed E-state index contributed by atoms with van der Waals surface area (Å²) in [6.07, 6.45) is 3.64. The first-order valence-corrected chi connectivity index (χ1v) is 4.81. The van der Waals surface area contributed by atoms with Crippen molar-refractivity contribution in [3.8, 4) is 0 Å². The van der Waals surface area contributed by atoms with Crippen LogP contribution in [0.2, 0.25) is 5.02 Å².